The summed E-state index contributed by atoms with van der Waals surface area (Å²) in [5.41, 5.74) is 4.38. The van der Waals surface area contributed by atoms with Crippen molar-refractivity contribution in [3.05, 3.63) is 70.4 Å². The van der Waals surface area contributed by atoms with E-state index < -0.39 is 5.41 Å². The van der Waals surface area contributed by atoms with Crippen molar-refractivity contribution in [2.45, 2.75) is 44.6 Å². The van der Waals surface area contributed by atoms with Gasteiger partial charge in [0.2, 0.25) is 17.8 Å². The molecule has 2 aliphatic heterocycles. The van der Waals surface area contributed by atoms with Gasteiger partial charge in [0, 0.05) is 31.0 Å². The van der Waals surface area contributed by atoms with Gasteiger partial charge in [-0.1, -0.05) is 35.9 Å². The Kier molecular flexibility index (Phi) is 7.72. The number of nitrogens with zero attached hydrogens (tertiary/aromatic N) is 3. The van der Waals surface area contributed by atoms with Crippen molar-refractivity contribution >= 4 is 46.6 Å². The van der Waals surface area contributed by atoms with Crippen LogP contribution in [0.3, 0.4) is 0 Å². The van der Waals surface area contributed by atoms with E-state index in [0.717, 1.165) is 48.4 Å². The summed E-state index contributed by atoms with van der Waals surface area (Å²) in [4.78, 5) is 35.4. The molecule has 3 aromatic rings. The molecule has 1 saturated heterocycles. The van der Waals surface area contributed by atoms with Crippen LogP contribution in [-0.4, -0.2) is 53.4 Å². The minimum absolute atomic E-state index is 0.00684. The predicted molar refractivity (Wildman–Crippen MR) is 155 cm³/mol. The topological polar surface area (TPSA) is 111 Å². The van der Waals surface area contributed by atoms with Crippen molar-refractivity contribution in [3.8, 4) is 0 Å². The number of benzene rings is 2. The van der Waals surface area contributed by atoms with Gasteiger partial charge in [0.15, 0.2) is 5.82 Å². The number of nitrogens with one attached hydrogen (secondary N) is 4. The van der Waals surface area contributed by atoms with Crippen molar-refractivity contribution in [1.82, 2.24) is 20.2 Å². The van der Waals surface area contributed by atoms with Gasteiger partial charge < -0.3 is 26.2 Å². The molecule has 5 rings (SSSR count). The summed E-state index contributed by atoms with van der Waals surface area (Å²) in [5, 5.41) is 12.9. The Labute approximate surface area is 233 Å². The lowest BCUT2D eigenvalue weighted by molar-refractivity contribution is -0.131. The fraction of sp³-hybridized carbons (Fsp3) is 0.379. The van der Waals surface area contributed by atoms with E-state index in [1.54, 1.807) is 13.2 Å². The first-order valence-electron chi connectivity index (χ1n) is 13.3. The first kappa shape index (κ1) is 26.9. The quantitative estimate of drug-likeness (QED) is 0.325. The second kappa shape index (κ2) is 11.2. The molecule has 0 aliphatic carbocycles. The van der Waals surface area contributed by atoms with Crippen LogP contribution in [0.2, 0.25) is 5.02 Å². The highest BCUT2D eigenvalue weighted by Gasteiger charge is 2.39. The second-order valence-corrected chi connectivity index (χ2v) is 11.0. The number of carbonyl (C=O) groups is 2. The molecule has 0 unspecified atom stereocenters. The lowest BCUT2D eigenvalue weighted by Gasteiger charge is -2.32. The van der Waals surface area contributed by atoms with Crippen LogP contribution in [-0.2, 0) is 21.5 Å². The summed E-state index contributed by atoms with van der Waals surface area (Å²) in [6.45, 7) is 6.28. The Morgan fingerprint density at radius 2 is 1.90 bits per heavy atom. The third-order valence-corrected chi connectivity index (χ3v) is 7.87. The average Bonchev–Trinajstić information content (AvgIpc) is 3.17. The molecule has 10 heteroatoms. The van der Waals surface area contributed by atoms with Gasteiger partial charge in [-0.3, -0.25) is 9.59 Å². The van der Waals surface area contributed by atoms with Crippen LogP contribution < -0.4 is 21.3 Å². The van der Waals surface area contributed by atoms with Gasteiger partial charge in [0.05, 0.1) is 18.2 Å². The third kappa shape index (κ3) is 5.69. The van der Waals surface area contributed by atoms with Crippen LogP contribution in [0, 0.1) is 0 Å². The number of likely N-dealkylation sites (N-methyl/N-ethyl adjacent to an activating group) is 1. The van der Waals surface area contributed by atoms with Gasteiger partial charge in [-0.2, -0.15) is 4.98 Å². The number of hydrogen-bond donors (Lipinski definition) is 4. The Hall–Kier alpha value is -3.69. The summed E-state index contributed by atoms with van der Waals surface area (Å²) in [5.74, 6) is 1.54. The second-order valence-electron chi connectivity index (χ2n) is 10.6. The molecule has 0 radical (unpaired) electrons. The molecule has 2 amide bonds. The number of piperidine rings is 1. The highest BCUT2D eigenvalue weighted by atomic mass is 35.5. The number of rotatable bonds is 8. The highest BCUT2D eigenvalue weighted by Crippen LogP contribution is 2.40. The lowest BCUT2D eigenvalue weighted by atomic mass is 9.83. The Morgan fingerprint density at radius 3 is 2.62 bits per heavy atom. The number of fused-ring (bicyclic) bond motifs is 1. The molecule has 0 spiro atoms. The van der Waals surface area contributed by atoms with Crippen LogP contribution in [0.15, 0.2) is 48.7 Å². The van der Waals surface area contributed by atoms with Crippen LogP contribution in [0.1, 0.15) is 49.3 Å². The molecular formula is C29H34ClN7O2. The first-order chi connectivity index (χ1) is 18.8. The fourth-order valence-electron chi connectivity index (χ4n) is 5.41. The fourth-order valence-corrected chi connectivity index (χ4v) is 5.56. The molecule has 2 aliphatic rings. The molecular weight excluding hydrogens is 514 g/mol. The van der Waals surface area contributed by atoms with Gasteiger partial charge in [-0.25, -0.2) is 4.98 Å². The van der Waals surface area contributed by atoms with E-state index in [4.69, 9.17) is 11.6 Å². The number of halogens is 1. The molecule has 1 aromatic heterocycles. The normalized spacial score (nSPS) is 16.5. The lowest BCUT2D eigenvalue weighted by Crippen LogP contribution is -2.41. The Bertz CT molecular complexity index is 1370. The first-order valence-corrected chi connectivity index (χ1v) is 13.6. The molecule has 1 fully saturated rings. The van der Waals surface area contributed by atoms with Crippen LogP contribution in [0.4, 0.5) is 23.1 Å². The van der Waals surface area contributed by atoms with E-state index in [1.807, 2.05) is 49.1 Å². The Morgan fingerprint density at radius 1 is 1.15 bits per heavy atom. The monoisotopic (exact) mass is 547 g/mol. The number of carbonyl (C=O) groups excluding carboxylic acids is 2. The smallest absolute Gasteiger partial charge is 0.236 e. The van der Waals surface area contributed by atoms with E-state index in [-0.39, 0.29) is 11.8 Å². The zero-order valence-corrected chi connectivity index (χ0v) is 23.2. The summed E-state index contributed by atoms with van der Waals surface area (Å²) >= 11 is 6.41. The zero-order chi connectivity index (χ0) is 27.6. The number of likely N-dealkylation sites (tertiary alicyclic amines) is 1. The molecule has 0 atom stereocenters. The maximum absolute atomic E-state index is 12.4. The standard InChI is InChI=1S/C29H34ClN7O2/c1-29(2)25-20(5-4-6-23(25)35-27(29)39)15-32-26-22(30)16-33-28(36-26)34-21-9-7-18(8-10-21)19-11-13-37(14-12-19)24(38)17-31-3/h4-10,16,19,31H,11-15,17H2,1-3H3,(H,35,39)(H2,32,33,34,36). The maximum atomic E-state index is 12.4. The van der Waals surface area contributed by atoms with E-state index in [0.29, 0.717) is 35.8 Å². The summed E-state index contributed by atoms with van der Waals surface area (Å²) in [7, 11) is 1.80. The molecule has 0 saturated carbocycles. The van der Waals surface area contributed by atoms with Crippen molar-refractivity contribution in [3.63, 3.8) is 0 Å². The van der Waals surface area contributed by atoms with E-state index in [1.165, 1.54) is 5.56 Å². The van der Waals surface area contributed by atoms with Crippen molar-refractivity contribution in [2.75, 3.05) is 42.6 Å². The summed E-state index contributed by atoms with van der Waals surface area (Å²) in [6, 6.07) is 14.2. The molecule has 39 heavy (non-hydrogen) atoms. The van der Waals surface area contributed by atoms with E-state index >= 15 is 0 Å². The van der Waals surface area contributed by atoms with Crippen LogP contribution in [0.5, 0.6) is 0 Å². The van der Waals surface area contributed by atoms with E-state index in [9.17, 15) is 9.59 Å². The van der Waals surface area contributed by atoms with Gasteiger partial charge in [0.1, 0.15) is 5.02 Å². The Balaban J connectivity index is 1.22. The largest absolute Gasteiger partial charge is 0.365 e. The minimum Gasteiger partial charge on any atom is -0.365 e. The number of hydrogen-bond acceptors (Lipinski definition) is 7. The van der Waals surface area contributed by atoms with Crippen LogP contribution in [0.25, 0.3) is 0 Å². The van der Waals surface area contributed by atoms with Gasteiger partial charge in [0.25, 0.3) is 0 Å². The van der Waals surface area contributed by atoms with Crippen LogP contribution >= 0.6 is 11.6 Å². The molecule has 2 aromatic carbocycles. The summed E-state index contributed by atoms with van der Waals surface area (Å²) in [6.07, 6.45) is 3.49. The minimum atomic E-state index is -0.608. The molecule has 0 bridgehead atoms. The maximum Gasteiger partial charge on any atom is 0.236 e. The zero-order valence-electron chi connectivity index (χ0n) is 22.5. The number of amides is 2. The van der Waals surface area contributed by atoms with E-state index in [2.05, 4.69) is 43.4 Å². The third-order valence-electron chi connectivity index (χ3n) is 7.60. The van der Waals surface area contributed by atoms with Gasteiger partial charge >= 0.3 is 0 Å². The van der Waals surface area contributed by atoms with Crippen molar-refractivity contribution < 1.29 is 9.59 Å². The number of aromatic nitrogens is 2. The highest BCUT2D eigenvalue weighted by molar-refractivity contribution is 6.32. The predicted octanol–water partition coefficient (Wildman–Crippen LogP) is 4.64. The SMILES string of the molecule is CNCC(=O)N1CCC(c2ccc(Nc3ncc(Cl)c(NCc4cccc5c4C(C)(C)C(=O)N5)n3)cc2)CC1. The van der Waals surface area contributed by atoms with Crippen molar-refractivity contribution in [2.24, 2.45) is 0 Å². The van der Waals surface area contributed by atoms with Crippen molar-refractivity contribution in [1.29, 1.82) is 0 Å². The molecule has 204 valence electrons. The molecule has 3 heterocycles. The van der Waals surface area contributed by atoms with Gasteiger partial charge in [-0.15, -0.1) is 0 Å². The number of anilines is 4. The average molecular weight is 548 g/mol. The molecule has 9 nitrogen and oxygen atoms in total. The molecule has 4 N–H and O–H groups in total. The van der Waals surface area contributed by atoms with Gasteiger partial charge in [-0.05, 0) is 74.5 Å². The summed E-state index contributed by atoms with van der Waals surface area (Å²) < 4.78 is 0.